The van der Waals surface area contributed by atoms with Crippen LogP contribution in [0.25, 0.3) is 0 Å². The minimum atomic E-state index is -0.583. The normalized spacial score (nSPS) is 22.6. The summed E-state index contributed by atoms with van der Waals surface area (Å²) in [6.45, 7) is 0. The summed E-state index contributed by atoms with van der Waals surface area (Å²) in [5.74, 6) is -0.787. The Labute approximate surface area is 111 Å². The lowest BCUT2D eigenvalue weighted by Gasteiger charge is -2.25. The van der Waals surface area contributed by atoms with Gasteiger partial charge in [0.2, 0.25) is 5.91 Å². The van der Waals surface area contributed by atoms with Crippen molar-refractivity contribution in [3.05, 3.63) is 29.6 Å². The van der Waals surface area contributed by atoms with Gasteiger partial charge in [-0.25, -0.2) is 4.39 Å². The molecule has 2 atom stereocenters. The van der Waals surface area contributed by atoms with Crippen molar-refractivity contribution in [2.45, 2.75) is 31.7 Å². The molecule has 5 heteroatoms. The first-order valence-corrected chi connectivity index (χ1v) is 6.36. The first kappa shape index (κ1) is 13.5. The molecule has 1 aliphatic rings. The van der Waals surface area contributed by atoms with Crippen molar-refractivity contribution < 1.29 is 9.18 Å². The van der Waals surface area contributed by atoms with Gasteiger partial charge in [0.05, 0.1) is 5.56 Å². The number of halogens is 1. The molecule has 0 saturated heterocycles. The lowest BCUT2D eigenvalue weighted by molar-refractivity contribution is -0.120. The number of nitriles is 1. The third-order valence-corrected chi connectivity index (χ3v) is 3.44. The summed E-state index contributed by atoms with van der Waals surface area (Å²) in [4.78, 5) is 12.1. The van der Waals surface area contributed by atoms with Crippen molar-refractivity contribution in [3.8, 4) is 6.07 Å². The van der Waals surface area contributed by atoms with Crippen LogP contribution >= 0.6 is 0 Å². The van der Waals surface area contributed by atoms with Gasteiger partial charge in [0.25, 0.3) is 0 Å². The third-order valence-electron chi connectivity index (χ3n) is 3.44. The zero-order chi connectivity index (χ0) is 13.8. The lowest BCUT2D eigenvalue weighted by atomic mass is 9.85. The van der Waals surface area contributed by atoms with Gasteiger partial charge in [0.15, 0.2) is 0 Å². The van der Waals surface area contributed by atoms with E-state index >= 15 is 0 Å². The Hall–Kier alpha value is -1.93. The minimum Gasteiger partial charge on any atom is -0.328 e. The molecule has 1 aromatic carbocycles. The molecule has 1 aromatic rings. The Balaban J connectivity index is 2.04. The molecule has 0 heterocycles. The third kappa shape index (κ3) is 3.30. The molecular weight excluding hydrogens is 245 g/mol. The van der Waals surface area contributed by atoms with Crippen LogP contribution in [0.4, 0.5) is 10.1 Å². The molecule has 19 heavy (non-hydrogen) atoms. The van der Waals surface area contributed by atoms with Crippen LogP contribution in [0.5, 0.6) is 0 Å². The van der Waals surface area contributed by atoms with E-state index < -0.39 is 5.82 Å². The number of amides is 1. The second-order valence-corrected chi connectivity index (χ2v) is 4.92. The molecule has 1 amide bonds. The van der Waals surface area contributed by atoms with Gasteiger partial charge >= 0.3 is 0 Å². The Morgan fingerprint density at radius 2 is 2.26 bits per heavy atom. The molecule has 1 aliphatic carbocycles. The average molecular weight is 261 g/mol. The number of rotatable bonds is 2. The molecule has 0 bridgehead atoms. The summed E-state index contributed by atoms with van der Waals surface area (Å²) < 4.78 is 13.2. The fraction of sp³-hybridized carbons (Fsp3) is 0.429. The summed E-state index contributed by atoms with van der Waals surface area (Å²) >= 11 is 0. The lowest BCUT2D eigenvalue weighted by Crippen LogP contribution is -2.34. The van der Waals surface area contributed by atoms with E-state index in [1.165, 1.54) is 18.2 Å². The predicted molar refractivity (Wildman–Crippen MR) is 69.7 cm³/mol. The Morgan fingerprint density at radius 3 is 2.95 bits per heavy atom. The van der Waals surface area contributed by atoms with Crippen LogP contribution in [0.15, 0.2) is 18.2 Å². The first-order chi connectivity index (χ1) is 9.10. The number of carbonyl (C=O) groups is 1. The minimum absolute atomic E-state index is 0.0712. The topological polar surface area (TPSA) is 78.9 Å². The van der Waals surface area contributed by atoms with Crippen LogP contribution < -0.4 is 11.1 Å². The average Bonchev–Trinajstić information content (AvgIpc) is 2.41. The number of carbonyl (C=O) groups excluding carboxylic acids is 1. The van der Waals surface area contributed by atoms with Crippen molar-refractivity contribution in [1.82, 2.24) is 0 Å². The van der Waals surface area contributed by atoms with E-state index in [9.17, 15) is 9.18 Å². The smallest absolute Gasteiger partial charge is 0.227 e. The maximum absolute atomic E-state index is 13.2. The van der Waals surface area contributed by atoms with Crippen molar-refractivity contribution in [2.75, 3.05) is 5.32 Å². The standard InChI is InChI=1S/C14H16FN3O/c15-13-5-4-12(7-10(13)8-16)18-14(19)9-2-1-3-11(17)6-9/h4-5,7,9,11H,1-3,6,17H2,(H,18,19). The van der Waals surface area contributed by atoms with Gasteiger partial charge in [0, 0.05) is 17.6 Å². The molecule has 1 saturated carbocycles. The van der Waals surface area contributed by atoms with Crippen molar-refractivity contribution in [3.63, 3.8) is 0 Å². The van der Waals surface area contributed by atoms with Crippen molar-refractivity contribution in [2.24, 2.45) is 11.7 Å². The highest BCUT2D eigenvalue weighted by molar-refractivity contribution is 5.92. The molecule has 4 nitrogen and oxygen atoms in total. The van der Waals surface area contributed by atoms with E-state index in [0.717, 1.165) is 19.3 Å². The molecule has 100 valence electrons. The molecule has 2 rings (SSSR count). The molecule has 2 unspecified atom stereocenters. The summed E-state index contributed by atoms with van der Waals surface area (Å²) in [5, 5.41) is 11.5. The number of nitrogens with two attached hydrogens (primary N) is 1. The summed E-state index contributed by atoms with van der Waals surface area (Å²) in [6.07, 6.45) is 3.41. The summed E-state index contributed by atoms with van der Waals surface area (Å²) in [5.41, 5.74) is 6.22. The Morgan fingerprint density at radius 1 is 1.47 bits per heavy atom. The van der Waals surface area contributed by atoms with Crippen LogP contribution in [0.2, 0.25) is 0 Å². The van der Waals surface area contributed by atoms with Gasteiger partial charge in [-0.05, 0) is 37.5 Å². The number of hydrogen-bond acceptors (Lipinski definition) is 3. The van der Waals surface area contributed by atoms with Gasteiger partial charge in [-0.2, -0.15) is 5.26 Å². The van der Waals surface area contributed by atoms with Gasteiger partial charge in [-0.15, -0.1) is 0 Å². The van der Waals surface area contributed by atoms with Crippen molar-refractivity contribution >= 4 is 11.6 Å². The van der Waals surface area contributed by atoms with Gasteiger partial charge < -0.3 is 11.1 Å². The van der Waals surface area contributed by atoms with Crippen LogP contribution in [0.3, 0.4) is 0 Å². The second-order valence-electron chi connectivity index (χ2n) is 4.92. The molecular formula is C14H16FN3O. The fourth-order valence-corrected chi connectivity index (χ4v) is 2.40. The van der Waals surface area contributed by atoms with E-state index in [4.69, 9.17) is 11.0 Å². The molecule has 0 radical (unpaired) electrons. The molecule has 0 spiro atoms. The highest BCUT2D eigenvalue weighted by Gasteiger charge is 2.25. The van der Waals surface area contributed by atoms with Gasteiger partial charge in [-0.1, -0.05) is 6.42 Å². The van der Waals surface area contributed by atoms with Gasteiger partial charge in [-0.3, -0.25) is 4.79 Å². The zero-order valence-electron chi connectivity index (χ0n) is 10.5. The predicted octanol–water partition coefficient (Wildman–Crippen LogP) is 2.15. The van der Waals surface area contributed by atoms with Crippen LogP contribution in [0, 0.1) is 23.1 Å². The summed E-state index contributed by atoms with van der Waals surface area (Å²) in [6, 6.07) is 5.81. The maximum atomic E-state index is 13.2. The number of nitrogens with one attached hydrogen (secondary N) is 1. The van der Waals surface area contributed by atoms with Gasteiger partial charge in [0.1, 0.15) is 11.9 Å². The zero-order valence-corrected chi connectivity index (χ0v) is 10.5. The second kappa shape index (κ2) is 5.81. The van der Waals surface area contributed by atoms with E-state index in [1.54, 1.807) is 6.07 Å². The quantitative estimate of drug-likeness (QED) is 0.856. The monoisotopic (exact) mass is 261 g/mol. The largest absolute Gasteiger partial charge is 0.328 e. The maximum Gasteiger partial charge on any atom is 0.227 e. The van der Waals surface area contributed by atoms with E-state index in [2.05, 4.69) is 5.32 Å². The molecule has 0 aliphatic heterocycles. The van der Waals surface area contributed by atoms with E-state index in [-0.39, 0.29) is 23.4 Å². The SMILES string of the molecule is N#Cc1cc(NC(=O)C2CCCC(N)C2)ccc1F. The van der Waals surface area contributed by atoms with Crippen LogP contribution in [-0.2, 0) is 4.79 Å². The number of hydrogen-bond donors (Lipinski definition) is 2. The molecule has 1 fully saturated rings. The van der Waals surface area contributed by atoms with Crippen LogP contribution in [0.1, 0.15) is 31.2 Å². The summed E-state index contributed by atoms with van der Waals surface area (Å²) in [7, 11) is 0. The van der Waals surface area contributed by atoms with E-state index in [1.807, 2.05) is 0 Å². The van der Waals surface area contributed by atoms with E-state index in [0.29, 0.717) is 12.1 Å². The van der Waals surface area contributed by atoms with Crippen LogP contribution in [-0.4, -0.2) is 11.9 Å². The highest BCUT2D eigenvalue weighted by Crippen LogP contribution is 2.24. The Bertz CT molecular complexity index is 524. The molecule has 3 N–H and O–H groups in total. The first-order valence-electron chi connectivity index (χ1n) is 6.36. The number of anilines is 1. The Kier molecular flexibility index (Phi) is 4.13. The number of benzene rings is 1. The van der Waals surface area contributed by atoms with Crippen molar-refractivity contribution in [1.29, 1.82) is 5.26 Å². The highest BCUT2D eigenvalue weighted by atomic mass is 19.1. The number of nitrogens with zero attached hydrogens (tertiary/aromatic N) is 1. The molecule has 0 aromatic heterocycles. The fourth-order valence-electron chi connectivity index (χ4n) is 2.40.